The maximum absolute atomic E-state index is 6.41. The first kappa shape index (κ1) is 14.6. The van der Waals surface area contributed by atoms with Gasteiger partial charge in [-0.05, 0) is 37.7 Å². The third-order valence-corrected chi connectivity index (χ3v) is 4.04. The molecule has 3 heteroatoms. The molecule has 0 aliphatic heterocycles. The van der Waals surface area contributed by atoms with E-state index < -0.39 is 0 Å². The zero-order valence-electron chi connectivity index (χ0n) is 11.8. The van der Waals surface area contributed by atoms with Crippen molar-refractivity contribution >= 4 is 11.6 Å². The van der Waals surface area contributed by atoms with E-state index in [0.717, 1.165) is 25.8 Å². The highest BCUT2D eigenvalue weighted by atomic mass is 35.5. The van der Waals surface area contributed by atoms with Crippen molar-refractivity contribution in [2.24, 2.45) is 5.41 Å². The number of nitrogens with zero attached hydrogens (tertiary/aromatic N) is 2. The van der Waals surface area contributed by atoms with Crippen molar-refractivity contribution in [3.05, 3.63) is 17.5 Å². The highest BCUT2D eigenvalue weighted by Crippen LogP contribution is 2.28. The molecule has 0 fully saturated rings. The number of aromatic nitrogens is 2. The van der Waals surface area contributed by atoms with Crippen molar-refractivity contribution < 1.29 is 0 Å². The van der Waals surface area contributed by atoms with Crippen molar-refractivity contribution in [3.8, 4) is 0 Å². The molecule has 0 spiro atoms. The molecule has 1 heterocycles. The van der Waals surface area contributed by atoms with Gasteiger partial charge in [0.15, 0.2) is 0 Å². The van der Waals surface area contributed by atoms with Crippen LogP contribution in [0.2, 0.25) is 0 Å². The van der Waals surface area contributed by atoms with Crippen LogP contribution in [0.4, 0.5) is 0 Å². The van der Waals surface area contributed by atoms with E-state index in [4.69, 9.17) is 11.6 Å². The monoisotopic (exact) mass is 256 g/mol. The highest BCUT2D eigenvalue weighted by Gasteiger charge is 2.22. The molecule has 0 saturated heterocycles. The van der Waals surface area contributed by atoms with Crippen LogP contribution in [0.3, 0.4) is 0 Å². The van der Waals surface area contributed by atoms with Gasteiger partial charge in [-0.3, -0.25) is 4.68 Å². The number of hydrogen-bond acceptors (Lipinski definition) is 1. The molecule has 0 radical (unpaired) electrons. The second-order valence-electron chi connectivity index (χ2n) is 5.67. The fourth-order valence-electron chi connectivity index (χ4n) is 1.87. The van der Waals surface area contributed by atoms with Crippen molar-refractivity contribution in [2.45, 2.75) is 65.8 Å². The molecule has 17 heavy (non-hydrogen) atoms. The Hall–Kier alpha value is -0.500. The SMILES string of the molecule is CCc1cc(CCC(Cl)C(C)(C)C)n(CC)n1. The van der Waals surface area contributed by atoms with E-state index in [2.05, 4.69) is 50.5 Å². The summed E-state index contributed by atoms with van der Waals surface area (Å²) < 4.78 is 2.10. The van der Waals surface area contributed by atoms with E-state index >= 15 is 0 Å². The van der Waals surface area contributed by atoms with Crippen LogP contribution in [-0.2, 0) is 19.4 Å². The quantitative estimate of drug-likeness (QED) is 0.727. The third kappa shape index (κ3) is 4.02. The Kier molecular flexibility index (Phi) is 5.05. The number of alkyl halides is 1. The lowest BCUT2D eigenvalue weighted by Crippen LogP contribution is -2.21. The Morgan fingerprint density at radius 1 is 1.35 bits per heavy atom. The van der Waals surface area contributed by atoms with Gasteiger partial charge >= 0.3 is 0 Å². The number of hydrogen-bond donors (Lipinski definition) is 0. The molecule has 0 bridgehead atoms. The molecular formula is C14H25ClN2. The summed E-state index contributed by atoms with van der Waals surface area (Å²) in [4.78, 5) is 0. The van der Waals surface area contributed by atoms with E-state index in [1.165, 1.54) is 11.4 Å². The molecular weight excluding hydrogens is 232 g/mol. The Morgan fingerprint density at radius 2 is 2.00 bits per heavy atom. The minimum absolute atomic E-state index is 0.173. The summed E-state index contributed by atoms with van der Waals surface area (Å²) in [5, 5.41) is 4.78. The lowest BCUT2D eigenvalue weighted by atomic mass is 9.89. The summed E-state index contributed by atoms with van der Waals surface area (Å²) in [5.41, 5.74) is 2.68. The maximum atomic E-state index is 6.41. The van der Waals surface area contributed by atoms with Crippen molar-refractivity contribution in [1.29, 1.82) is 0 Å². The summed E-state index contributed by atoms with van der Waals surface area (Å²) in [6, 6.07) is 2.22. The Bertz CT molecular complexity index is 350. The Balaban J connectivity index is 2.65. The van der Waals surface area contributed by atoms with Crippen molar-refractivity contribution in [1.82, 2.24) is 9.78 Å². The van der Waals surface area contributed by atoms with Gasteiger partial charge in [0.05, 0.1) is 5.69 Å². The van der Waals surface area contributed by atoms with E-state index in [1.54, 1.807) is 0 Å². The first-order valence-corrected chi connectivity index (χ1v) is 7.01. The van der Waals surface area contributed by atoms with Gasteiger partial charge in [-0.25, -0.2) is 0 Å². The minimum atomic E-state index is 0.173. The standard InChI is InChI=1S/C14H25ClN2/c1-6-11-10-12(17(7-2)16-11)8-9-13(15)14(3,4)5/h10,13H,6-9H2,1-5H3. The first-order chi connectivity index (χ1) is 7.88. The molecule has 0 aliphatic rings. The summed E-state index contributed by atoms with van der Waals surface area (Å²) in [7, 11) is 0. The largest absolute Gasteiger partial charge is 0.270 e. The highest BCUT2D eigenvalue weighted by molar-refractivity contribution is 6.21. The fourth-order valence-corrected chi connectivity index (χ4v) is 1.98. The summed E-state index contributed by atoms with van der Waals surface area (Å²) in [6.07, 6.45) is 3.04. The molecule has 2 nitrogen and oxygen atoms in total. The minimum Gasteiger partial charge on any atom is -0.270 e. The first-order valence-electron chi connectivity index (χ1n) is 6.58. The number of aryl methyl sites for hydroxylation is 3. The van der Waals surface area contributed by atoms with Crippen LogP contribution in [0.25, 0.3) is 0 Å². The average molecular weight is 257 g/mol. The van der Waals surface area contributed by atoms with Gasteiger partial charge in [0, 0.05) is 17.6 Å². The van der Waals surface area contributed by atoms with Crippen molar-refractivity contribution in [2.75, 3.05) is 0 Å². The van der Waals surface area contributed by atoms with E-state index in [0.29, 0.717) is 0 Å². The van der Waals surface area contributed by atoms with Crippen LogP contribution in [0, 0.1) is 5.41 Å². The fraction of sp³-hybridized carbons (Fsp3) is 0.786. The zero-order chi connectivity index (χ0) is 13.1. The van der Waals surface area contributed by atoms with Crippen molar-refractivity contribution in [3.63, 3.8) is 0 Å². The molecule has 0 amide bonds. The zero-order valence-corrected chi connectivity index (χ0v) is 12.5. The van der Waals surface area contributed by atoms with Crippen LogP contribution >= 0.6 is 11.6 Å². The molecule has 98 valence electrons. The van der Waals surface area contributed by atoms with Crippen LogP contribution < -0.4 is 0 Å². The molecule has 1 rings (SSSR count). The van der Waals surface area contributed by atoms with E-state index in [-0.39, 0.29) is 10.8 Å². The normalized spacial score (nSPS) is 14.0. The molecule has 0 N–H and O–H groups in total. The van der Waals surface area contributed by atoms with Crippen LogP contribution in [0.15, 0.2) is 6.07 Å². The molecule has 1 aromatic heterocycles. The predicted molar refractivity (Wildman–Crippen MR) is 74.7 cm³/mol. The van der Waals surface area contributed by atoms with Gasteiger partial charge in [-0.1, -0.05) is 27.7 Å². The molecule has 1 aromatic rings. The summed E-state index contributed by atoms with van der Waals surface area (Å²) in [6.45, 7) is 11.8. The second-order valence-corrected chi connectivity index (χ2v) is 6.20. The molecule has 0 aromatic carbocycles. The average Bonchev–Trinajstić information content (AvgIpc) is 2.66. The van der Waals surface area contributed by atoms with Crippen LogP contribution in [0.5, 0.6) is 0 Å². The van der Waals surface area contributed by atoms with Crippen LogP contribution in [0.1, 0.15) is 52.4 Å². The topological polar surface area (TPSA) is 17.8 Å². The van der Waals surface area contributed by atoms with Gasteiger partial charge in [0.2, 0.25) is 0 Å². The lowest BCUT2D eigenvalue weighted by molar-refractivity contribution is 0.371. The third-order valence-electron chi connectivity index (χ3n) is 3.17. The maximum Gasteiger partial charge on any atom is 0.0624 e. The predicted octanol–water partition coefficient (Wildman–Crippen LogP) is 4.05. The van der Waals surface area contributed by atoms with Gasteiger partial charge in [0.1, 0.15) is 0 Å². The molecule has 0 saturated carbocycles. The Labute approximate surface area is 110 Å². The summed E-state index contributed by atoms with van der Waals surface area (Å²) in [5.74, 6) is 0. The second kappa shape index (κ2) is 5.90. The van der Waals surface area contributed by atoms with Crippen LogP contribution in [-0.4, -0.2) is 15.2 Å². The van der Waals surface area contributed by atoms with Gasteiger partial charge in [-0.15, -0.1) is 11.6 Å². The Morgan fingerprint density at radius 3 is 2.47 bits per heavy atom. The lowest BCUT2D eigenvalue weighted by Gasteiger charge is -2.25. The number of rotatable bonds is 5. The smallest absolute Gasteiger partial charge is 0.0624 e. The number of halogens is 1. The van der Waals surface area contributed by atoms with Gasteiger partial charge in [-0.2, -0.15) is 5.10 Å². The molecule has 0 aliphatic carbocycles. The molecule has 1 unspecified atom stereocenters. The van der Waals surface area contributed by atoms with Gasteiger partial charge in [0.25, 0.3) is 0 Å². The van der Waals surface area contributed by atoms with E-state index in [1.807, 2.05) is 0 Å². The molecule has 1 atom stereocenters. The van der Waals surface area contributed by atoms with E-state index in [9.17, 15) is 0 Å². The van der Waals surface area contributed by atoms with Gasteiger partial charge < -0.3 is 0 Å². The summed E-state index contributed by atoms with van der Waals surface area (Å²) >= 11 is 6.41.